The van der Waals surface area contributed by atoms with Crippen LogP contribution in [0.2, 0.25) is 0 Å². The fourth-order valence-corrected chi connectivity index (χ4v) is 7.33. The summed E-state index contributed by atoms with van der Waals surface area (Å²) in [6, 6.07) is 7.29. The van der Waals surface area contributed by atoms with Gasteiger partial charge in [0.25, 0.3) is 5.91 Å². The van der Waals surface area contributed by atoms with Gasteiger partial charge in [-0.05, 0) is 25.8 Å². The van der Waals surface area contributed by atoms with Crippen LogP contribution in [-0.2, 0) is 9.59 Å². The van der Waals surface area contributed by atoms with Gasteiger partial charge in [-0.3, -0.25) is 24.6 Å². The van der Waals surface area contributed by atoms with Crippen LogP contribution in [0.15, 0.2) is 24.3 Å². The number of imide groups is 1. The van der Waals surface area contributed by atoms with E-state index in [0.717, 1.165) is 42.3 Å². The number of hydrogen-bond donors (Lipinski definition) is 3. The minimum Gasteiger partial charge on any atom is -0.351 e. The summed E-state index contributed by atoms with van der Waals surface area (Å²) in [6.07, 6.45) is 3.75. The van der Waals surface area contributed by atoms with Crippen LogP contribution in [0.4, 0.5) is 9.80 Å². The van der Waals surface area contributed by atoms with Crippen molar-refractivity contribution in [2.24, 2.45) is 11.1 Å². The Balaban J connectivity index is 1.28. The maximum atomic E-state index is 13.6. The first-order chi connectivity index (χ1) is 16.8. The van der Waals surface area contributed by atoms with Crippen molar-refractivity contribution in [2.75, 3.05) is 38.0 Å². The van der Waals surface area contributed by atoms with Gasteiger partial charge in [-0.25, -0.2) is 4.79 Å². The van der Waals surface area contributed by atoms with Crippen LogP contribution in [-0.4, -0.2) is 72.3 Å². The number of likely N-dealkylation sites (tertiary alicyclic amines) is 3. The summed E-state index contributed by atoms with van der Waals surface area (Å²) in [7, 11) is 0. The number of fused-ring (bicyclic) bond motifs is 1. The van der Waals surface area contributed by atoms with Gasteiger partial charge in [0.15, 0.2) is 0 Å². The van der Waals surface area contributed by atoms with Crippen molar-refractivity contribution in [3.63, 3.8) is 0 Å². The number of nitrogens with two attached hydrogens (primary N) is 1. The molecule has 9 nitrogen and oxygen atoms in total. The second-order valence-corrected chi connectivity index (χ2v) is 11.0. The van der Waals surface area contributed by atoms with Gasteiger partial charge in [0.2, 0.25) is 11.8 Å². The Hall–Kier alpha value is -2.98. The van der Waals surface area contributed by atoms with Crippen LogP contribution in [0.5, 0.6) is 0 Å². The number of urea groups is 1. The predicted octanol–water partition coefficient (Wildman–Crippen LogP) is 1.44. The molecule has 3 aliphatic heterocycles. The number of benzene rings is 1. The molecule has 35 heavy (non-hydrogen) atoms. The third-order valence-corrected chi connectivity index (χ3v) is 9.02. The van der Waals surface area contributed by atoms with Gasteiger partial charge in [0.05, 0.1) is 24.7 Å². The fraction of sp³-hybridized carbons (Fsp3) is 0.520. The molecule has 2 unspecified atom stereocenters. The molecule has 2 atom stereocenters. The van der Waals surface area contributed by atoms with Crippen molar-refractivity contribution in [1.82, 2.24) is 9.80 Å². The molecule has 0 radical (unpaired) electrons. The molecular formula is C25H32N5O4S+. The molecule has 0 saturated carbocycles. The van der Waals surface area contributed by atoms with E-state index < -0.39 is 11.4 Å². The van der Waals surface area contributed by atoms with Gasteiger partial charge in [-0.15, -0.1) is 11.3 Å². The number of nitrogens with one attached hydrogen (secondary N) is 2. The van der Waals surface area contributed by atoms with E-state index in [-0.39, 0.29) is 17.7 Å². The van der Waals surface area contributed by atoms with Crippen LogP contribution >= 0.6 is 11.3 Å². The number of amides is 5. The Morgan fingerprint density at radius 3 is 2.66 bits per heavy atom. The molecule has 4 heterocycles. The number of rotatable bonds is 4. The number of carbonyl (C=O) groups is 4. The first kappa shape index (κ1) is 23.7. The first-order valence-corrected chi connectivity index (χ1v) is 13.2. The lowest BCUT2D eigenvalue weighted by Crippen LogP contribution is -3.18. The van der Waals surface area contributed by atoms with E-state index in [4.69, 9.17) is 5.73 Å². The van der Waals surface area contributed by atoms with Crippen molar-refractivity contribution >= 4 is 50.2 Å². The standard InChI is InChI=1S/C25H31N5O4S/c1-2-30-19(31)14-25(23(30)33)10-5-11-29(15-25)16-8-12-28(13-9-16)22(32)20-17-6-3-4-7-18(17)35-21(20)27-24(26)34/h3-4,6-7,16H,2,5,8-15H2,1H3,(H3,26,27,34)/p+1. The van der Waals surface area contributed by atoms with Gasteiger partial charge in [-0.2, -0.15) is 0 Å². The van der Waals surface area contributed by atoms with Crippen LogP contribution in [0, 0.1) is 5.41 Å². The van der Waals surface area contributed by atoms with Gasteiger partial charge in [0, 0.05) is 49.0 Å². The Kier molecular flexibility index (Phi) is 6.27. The van der Waals surface area contributed by atoms with Crippen LogP contribution in [0.3, 0.4) is 0 Å². The second kappa shape index (κ2) is 9.23. The number of nitrogens with zero attached hydrogens (tertiary/aromatic N) is 2. The Bertz CT molecular complexity index is 1190. The topological polar surface area (TPSA) is 117 Å². The van der Waals surface area contributed by atoms with E-state index in [1.165, 1.54) is 21.1 Å². The largest absolute Gasteiger partial charge is 0.351 e. The normalized spacial score (nSPS) is 25.6. The predicted molar refractivity (Wildman–Crippen MR) is 133 cm³/mol. The van der Waals surface area contributed by atoms with Crippen LogP contribution in [0.1, 0.15) is 49.4 Å². The average molecular weight is 499 g/mol. The lowest BCUT2D eigenvalue weighted by Gasteiger charge is -2.42. The molecule has 3 aliphatic rings. The molecule has 4 N–H and O–H groups in total. The number of primary amides is 1. The lowest BCUT2D eigenvalue weighted by atomic mass is 9.77. The molecule has 3 fully saturated rings. The highest BCUT2D eigenvalue weighted by molar-refractivity contribution is 7.23. The first-order valence-electron chi connectivity index (χ1n) is 12.4. The molecule has 5 amide bonds. The maximum absolute atomic E-state index is 13.6. The molecule has 5 rings (SSSR count). The summed E-state index contributed by atoms with van der Waals surface area (Å²) in [6.45, 7) is 5.24. The Labute approximate surface area is 208 Å². The monoisotopic (exact) mass is 498 g/mol. The second-order valence-electron chi connectivity index (χ2n) is 9.95. The molecule has 1 aromatic heterocycles. The third-order valence-electron chi connectivity index (χ3n) is 7.93. The minimum atomic E-state index is -0.687. The zero-order chi connectivity index (χ0) is 24.7. The van der Waals surface area contributed by atoms with Gasteiger partial charge < -0.3 is 15.5 Å². The van der Waals surface area contributed by atoms with Crippen molar-refractivity contribution in [3.8, 4) is 0 Å². The van der Waals surface area contributed by atoms with E-state index in [1.54, 1.807) is 0 Å². The average Bonchev–Trinajstić information content (AvgIpc) is 3.31. The maximum Gasteiger partial charge on any atom is 0.317 e. The number of piperidine rings is 2. The number of hydrogen-bond acceptors (Lipinski definition) is 5. The van der Waals surface area contributed by atoms with E-state index in [1.807, 2.05) is 36.1 Å². The van der Waals surface area contributed by atoms with E-state index >= 15 is 0 Å². The highest BCUT2D eigenvalue weighted by atomic mass is 32.1. The molecule has 2 aromatic rings. The SMILES string of the molecule is CCN1C(=O)CC2(CCC[NH+](C3CCN(C(=O)c4c(NC(N)=O)sc5ccccc45)CC3)C2)C1=O. The van der Waals surface area contributed by atoms with Crippen molar-refractivity contribution in [2.45, 2.75) is 45.1 Å². The summed E-state index contributed by atoms with van der Waals surface area (Å²) in [5, 5.41) is 3.94. The van der Waals surface area contributed by atoms with Crippen LogP contribution in [0.25, 0.3) is 10.1 Å². The zero-order valence-corrected chi connectivity index (χ0v) is 20.8. The van der Waals surface area contributed by atoms with Crippen molar-refractivity contribution < 1.29 is 24.1 Å². The van der Waals surface area contributed by atoms with Crippen molar-refractivity contribution in [3.05, 3.63) is 29.8 Å². The molecule has 3 saturated heterocycles. The summed E-state index contributed by atoms with van der Waals surface area (Å²) >= 11 is 1.35. The smallest absolute Gasteiger partial charge is 0.317 e. The summed E-state index contributed by atoms with van der Waals surface area (Å²) in [5.41, 5.74) is 5.32. The fourth-order valence-electron chi connectivity index (χ4n) is 6.23. The molecule has 0 bridgehead atoms. The number of anilines is 1. The van der Waals surface area contributed by atoms with E-state index in [2.05, 4.69) is 5.32 Å². The molecule has 10 heteroatoms. The van der Waals surface area contributed by atoms with Gasteiger partial charge >= 0.3 is 6.03 Å². The summed E-state index contributed by atoms with van der Waals surface area (Å²) in [5.74, 6) is -0.124. The van der Waals surface area contributed by atoms with E-state index in [0.29, 0.717) is 49.2 Å². The quantitative estimate of drug-likeness (QED) is 0.553. The molecule has 1 aromatic carbocycles. The number of carbonyl (C=O) groups excluding carboxylic acids is 4. The number of thiophene rings is 1. The van der Waals surface area contributed by atoms with Gasteiger partial charge in [0.1, 0.15) is 10.4 Å². The minimum absolute atomic E-state index is 0.00799. The van der Waals surface area contributed by atoms with E-state index in [9.17, 15) is 19.2 Å². The van der Waals surface area contributed by atoms with Crippen molar-refractivity contribution in [1.29, 1.82) is 0 Å². The molecular weight excluding hydrogens is 466 g/mol. The number of quaternary nitrogens is 1. The highest BCUT2D eigenvalue weighted by Gasteiger charge is 2.55. The third kappa shape index (κ3) is 4.18. The molecule has 186 valence electrons. The highest BCUT2D eigenvalue weighted by Crippen LogP contribution is 2.38. The zero-order valence-electron chi connectivity index (χ0n) is 20.0. The summed E-state index contributed by atoms with van der Waals surface area (Å²) < 4.78 is 0.925. The Morgan fingerprint density at radius 1 is 1.23 bits per heavy atom. The lowest BCUT2D eigenvalue weighted by molar-refractivity contribution is -0.937. The molecule has 0 aliphatic carbocycles. The molecule has 1 spiro atoms. The van der Waals surface area contributed by atoms with Crippen LogP contribution < -0.4 is 16.0 Å². The summed E-state index contributed by atoms with van der Waals surface area (Å²) in [4.78, 5) is 55.2. The Morgan fingerprint density at radius 2 is 1.97 bits per heavy atom. The van der Waals surface area contributed by atoms with Gasteiger partial charge in [-0.1, -0.05) is 18.2 Å².